The van der Waals surface area contributed by atoms with Gasteiger partial charge in [-0.1, -0.05) is 0 Å². The lowest BCUT2D eigenvalue weighted by molar-refractivity contribution is -0.153. The highest BCUT2D eigenvalue weighted by atomic mass is 31.2. The van der Waals surface area contributed by atoms with E-state index in [4.69, 9.17) is 9.05 Å². The summed E-state index contributed by atoms with van der Waals surface area (Å²) in [5.74, 6) is -1.63. The van der Waals surface area contributed by atoms with Gasteiger partial charge in [-0.2, -0.15) is 0 Å². The summed E-state index contributed by atoms with van der Waals surface area (Å²) in [6.45, 7) is 5.56. The first-order chi connectivity index (χ1) is 7.99. The molecule has 17 heavy (non-hydrogen) atoms. The van der Waals surface area contributed by atoms with E-state index in [1.165, 1.54) is 0 Å². The average Bonchev–Trinajstić information content (AvgIpc) is 2.27. The molecule has 6 nitrogen and oxygen atoms in total. The second-order valence-electron chi connectivity index (χ2n) is 3.06. The number of carbonyl (C=O) groups excluding carboxylic acids is 2. The van der Waals surface area contributed by atoms with Crippen molar-refractivity contribution in [2.24, 2.45) is 0 Å². The Hall–Kier alpha value is -0.710. The summed E-state index contributed by atoms with van der Waals surface area (Å²) < 4.78 is 26.5. The van der Waals surface area contributed by atoms with Crippen LogP contribution in [-0.2, 0) is 27.9 Å². The van der Waals surface area contributed by atoms with E-state index in [-0.39, 0.29) is 32.4 Å². The summed E-state index contributed by atoms with van der Waals surface area (Å²) in [6.07, 6.45) is -0.303. The first kappa shape index (κ1) is 16.3. The van der Waals surface area contributed by atoms with Crippen molar-refractivity contribution in [3.05, 3.63) is 0 Å². The smallest absolute Gasteiger partial charge is 0.374 e. The van der Waals surface area contributed by atoms with Crippen LogP contribution in [-0.4, -0.2) is 37.7 Å². The molecule has 0 rings (SSSR count). The highest BCUT2D eigenvalue weighted by Crippen LogP contribution is 2.48. The van der Waals surface area contributed by atoms with Gasteiger partial charge in [0, 0.05) is 6.42 Å². The SMILES string of the molecule is CCOC(=O)C(=O)CCP(=O)(OCC)OCC. The molecule has 0 aliphatic carbocycles. The molecule has 7 heteroatoms. The zero-order chi connectivity index (χ0) is 13.3. The number of hydrogen-bond acceptors (Lipinski definition) is 6. The largest absolute Gasteiger partial charge is 0.460 e. The Labute approximate surface area is 101 Å². The number of esters is 1. The van der Waals surface area contributed by atoms with Gasteiger partial charge in [0.25, 0.3) is 0 Å². The van der Waals surface area contributed by atoms with Crippen LogP contribution in [0.4, 0.5) is 0 Å². The molecule has 0 N–H and O–H groups in total. The van der Waals surface area contributed by atoms with Crippen molar-refractivity contribution in [2.45, 2.75) is 27.2 Å². The van der Waals surface area contributed by atoms with Crippen LogP contribution < -0.4 is 0 Å². The zero-order valence-corrected chi connectivity index (χ0v) is 11.3. The molecule has 0 unspecified atom stereocenters. The molecule has 0 spiro atoms. The second-order valence-corrected chi connectivity index (χ2v) is 5.25. The lowest BCUT2D eigenvalue weighted by atomic mass is 10.3. The fraction of sp³-hybridized carbons (Fsp3) is 0.800. The number of carbonyl (C=O) groups is 2. The molecule has 100 valence electrons. The Morgan fingerprint density at radius 3 is 1.94 bits per heavy atom. The van der Waals surface area contributed by atoms with Gasteiger partial charge >= 0.3 is 13.6 Å². The molecule has 0 aliphatic heterocycles. The number of ether oxygens (including phenoxy) is 1. The summed E-state index contributed by atoms with van der Waals surface area (Å²) in [5.41, 5.74) is 0. The van der Waals surface area contributed by atoms with E-state index in [2.05, 4.69) is 4.74 Å². The summed E-state index contributed by atoms with van der Waals surface area (Å²) in [5, 5.41) is 0. The quantitative estimate of drug-likeness (QED) is 0.359. The molecule has 0 aromatic carbocycles. The van der Waals surface area contributed by atoms with Crippen molar-refractivity contribution in [2.75, 3.05) is 26.0 Å². The Morgan fingerprint density at radius 2 is 1.53 bits per heavy atom. The summed E-state index contributed by atoms with van der Waals surface area (Å²) in [7, 11) is -3.26. The van der Waals surface area contributed by atoms with Crippen LogP contribution in [0.25, 0.3) is 0 Å². The van der Waals surface area contributed by atoms with Gasteiger partial charge in [0.1, 0.15) is 0 Å². The van der Waals surface area contributed by atoms with Crippen molar-refractivity contribution >= 4 is 19.3 Å². The van der Waals surface area contributed by atoms with Crippen LogP contribution in [0.5, 0.6) is 0 Å². The lowest BCUT2D eigenvalue weighted by Crippen LogP contribution is -2.18. The fourth-order valence-electron chi connectivity index (χ4n) is 1.11. The van der Waals surface area contributed by atoms with Gasteiger partial charge in [0.05, 0.1) is 26.0 Å². The molecule has 0 fully saturated rings. The maximum Gasteiger partial charge on any atom is 0.374 e. The van der Waals surface area contributed by atoms with Gasteiger partial charge in [0.2, 0.25) is 5.78 Å². The van der Waals surface area contributed by atoms with E-state index in [0.29, 0.717) is 0 Å². The molecule has 0 aromatic rings. The average molecular weight is 266 g/mol. The minimum atomic E-state index is -3.26. The van der Waals surface area contributed by atoms with Crippen molar-refractivity contribution < 1.29 is 27.9 Å². The normalized spacial score (nSPS) is 11.2. The van der Waals surface area contributed by atoms with Crippen LogP contribution in [0.3, 0.4) is 0 Å². The predicted molar refractivity (Wildman–Crippen MR) is 62.0 cm³/mol. The fourth-order valence-corrected chi connectivity index (χ4v) is 2.71. The molecular weight excluding hydrogens is 247 g/mol. The van der Waals surface area contributed by atoms with Crippen molar-refractivity contribution in [1.29, 1.82) is 0 Å². The van der Waals surface area contributed by atoms with Gasteiger partial charge in [-0.3, -0.25) is 9.36 Å². The first-order valence-electron chi connectivity index (χ1n) is 5.57. The van der Waals surface area contributed by atoms with E-state index >= 15 is 0 Å². The maximum absolute atomic E-state index is 11.9. The number of rotatable bonds is 9. The van der Waals surface area contributed by atoms with Crippen molar-refractivity contribution in [3.63, 3.8) is 0 Å². The summed E-state index contributed by atoms with van der Waals surface area (Å²) >= 11 is 0. The van der Waals surface area contributed by atoms with Gasteiger partial charge in [0.15, 0.2) is 0 Å². The standard InChI is InChI=1S/C10H19O6P/c1-4-14-10(12)9(11)7-8-17(13,15-5-2)16-6-3/h4-8H2,1-3H3. The van der Waals surface area contributed by atoms with Gasteiger partial charge in [-0.25, -0.2) is 4.79 Å². The van der Waals surface area contributed by atoms with Crippen LogP contribution in [0.15, 0.2) is 0 Å². The third kappa shape index (κ3) is 6.56. The minimum absolute atomic E-state index is 0.105. The third-order valence-corrected chi connectivity index (χ3v) is 3.84. The Bertz CT molecular complexity index is 291. The Morgan fingerprint density at radius 1 is 1.00 bits per heavy atom. The second kappa shape index (κ2) is 8.39. The molecule has 0 aliphatic rings. The van der Waals surface area contributed by atoms with Gasteiger partial charge in [-0.05, 0) is 20.8 Å². The molecule has 0 saturated carbocycles. The van der Waals surface area contributed by atoms with Crippen molar-refractivity contribution in [1.82, 2.24) is 0 Å². The first-order valence-corrected chi connectivity index (χ1v) is 7.30. The van der Waals surface area contributed by atoms with Crippen LogP contribution in [0.2, 0.25) is 0 Å². The molecule has 0 aromatic heterocycles. The topological polar surface area (TPSA) is 78.9 Å². The van der Waals surface area contributed by atoms with Crippen LogP contribution >= 0.6 is 7.60 Å². The molecule has 0 bridgehead atoms. The summed E-state index contributed by atoms with van der Waals surface area (Å²) in [4.78, 5) is 22.3. The minimum Gasteiger partial charge on any atom is -0.460 e. The molecular formula is C10H19O6P. The van der Waals surface area contributed by atoms with E-state index < -0.39 is 19.3 Å². The highest BCUT2D eigenvalue weighted by Gasteiger charge is 2.26. The summed E-state index contributed by atoms with van der Waals surface area (Å²) in [6, 6.07) is 0. The molecule has 0 saturated heterocycles. The highest BCUT2D eigenvalue weighted by molar-refractivity contribution is 7.53. The van der Waals surface area contributed by atoms with E-state index in [1.54, 1.807) is 20.8 Å². The predicted octanol–water partition coefficient (Wildman–Crippen LogP) is 1.77. The molecule has 0 amide bonds. The van der Waals surface area contributed by atoms with E-state index in [9.17, 15) is 14.2 Å². The Balaban J connectivity index is 4.26. The van der Waals surface area contributed by atoms with Crippen LogP contribution in [0, 0.1) is 0 Å². The molecule has 0 heterocycles. The van der Waals surface area contributed by atoms with Gasteiger partial charge < -0.3 is 13.8 Å². The van der Waals surface area contributed by atoms with Crippen molar-refractivity contribution in [3.8, 4) is 0 Å². The zero-order valence-electron chi connectivity index (χ0n) is 10.4. The molecule has 0 atom stereocenters. The number of Topliss-reactive ketones (excluding diaryl/α,β-unsaturated/α-hetero) is 1. The maximum atomic E-state index is 11.9. The van der Waals surface area contributed by atoms with E-state index in [0.717, 1.165) is 0 Å². The lowest BCUT2D eigenvalue weighted by Gasteiger charge is -2.15. The number of hydrogen-bond donors (Lipinski definition) is 0. The van der Waals surface area contributed by atoms with Crippen LogP contribution in [0.1, 0.15) is 27.2 Å². The van der Waals surface area contributed by atoms with Gasteiger partial charge in [-0.15, -0.1) is 0 Å². The third-order valence-electron chi connectivity index (χ3n) is 1.77. The Kier molecular flexibility index (Phi) is 8.04. The van der Waals surface area contributed by atoms with E-state index in [1.807, 2.05) is 0 Å². The molecule has 0 radical (unpaired) electrons. The monoisotopic (exact) mass is 266 g/mol. The number of ketones is 1.